The third-order valence-corrected chi connectivity index (χ3v) is 7.89. The zero-order valence-electron chi connectivity index (χ0n) is 23.3. The van der Waals surface area contributed by atoms with Gasteiger partial charge >= 0.3 is 5.97 Å². The summed E-state index contributed by atoms with van der Waals surface area (Å²) in [6, 6.07) is 14.2. The first-order valence-electron chi connectivity index (χ1n) is 13.5. The maximum absolute atomic E-state index is 12.8. The molecular weight excluding hydrogens is 546 g/mol. The van der Waals surface area contributed by atoms with Crippen molar-refractivity contribution in [2.75, 3.05) is 45.2 Å². The van der Waals surface area contributed by atoms with Crippen molar-refractivity contribution >= 4 is 57.8 Å². The number of likely N-dealkylation sites (N-methyl/N-ethyl adjacent to an activating group) is 1. The van der Waals surface area contributed by atoms with Crippen LogP contribution in [0.5, 0.6) is 5.75 Å². The lowest BCUT2D eigenvalue weighted by atomic mass is 10.1. The first-order chi connectivity index (χ1) is 19.3. The molecule has 1 fully saturated rings. The van der Waals surface area contributed by atoms with Gasteiger partial charge in [-0.15, -0.1) is 0 Å². The highest BCUT2D eigenvalue weighted by Gasteiger charge is 2.31. The molecule has 0 aromatic heterocycles. The summed E-state index contributed by atoms with van der Waals surface area (Å²) in [5, 5.41) is 2.86. The molecule has 0 spiro atoms. The van der Waals surface area contributed by atoms with Crippen molar-refractivity contribution in [3.05, 3.63) is 64.6 Å². The Labute approximate surface area is 246 Å². The van der Waals surface area contributed by atoms with Gasteiger partial charge in [0.25, 0.3) is 5.91 Å². The Morgan fingerprint density at radius 2 is 1.73 bits per heavy atom. The van der Waals surface area contributed by atoms with Crippen LogP contribution in [0.25, 0.3) is 6.08 Å². The van der Waals surface area contributed by atoms with Gasteiger partial charge in [0.05, 0.1) is 17.6 Å². The molecule has 10 heteroatoms. The van der Waals surface area contributed by atoms with Crippen molar-refractivity contribution in [1.29, 1.82) is 0 Å². The minimum Gasteiger partial charge on any atom is -0.497 e. The largest absolute Gasteiger partial charge is 0.497 e. The molecule has 2 aromatic carbocycles. The van der Waals surface area contributed by atoms with Crippen LogP contribution in [0.3, 0.4) is 0 Å². The lowest BCUT2D eigenvalue weighted by molar-refractivity contribution is -0.122. The minimum absolute atomic E-state index is 0.0835. The van der Waals surface area contributed by atoms with E-state index in [-0.39, 0.29) is 17.8 Å². The number of esters is 1. The van der Waals surface area contributed by atoms with E-state index in [1.54, 1.807) is 36.3 Å². The number of carbonyl (C=O) groups excluding carboxylic acids is 3. The van der Waals surface area contributed by atoms with Gasteiger partial charge in [-0.05, 0) is 74.0 Å². The maximum Gasteiger partial charge on any atom is 0.338 e. The van der Waals surface area contributed by atoms with E-state index in [0.717, 1.165) is 37.2 Å². The minimum atomic E-state index is -0.372. The number of hydrogen-bond acceptors (Lipinski definition) is 8. The zero-order valence-corrected chi connectivity index (χ0v) is 24.9. The smallest absolute Gasteiger partial charge is 0.338 e. The van der Waals surface area contributed by atoms with Crippen molar-refractivity contribution in [2.24, 2.45) is 0 Å². The number of thiocarbonyl (C=S) groups is 1. The molecule has 0 radical (unpaired) electrons. The number of amides is 2. The normalized spacial score (nSPS) is 14.2. The summed E-state index contributed by atoms with van der Waals surface area (Å²) in [5.41, 5.74) is 1.99. The van der Waals surface area contributed by atoms with Crippen molar-refractivity contribution in [3.8, 4) is 5.75 Å². The molecule has 0 aliphatic carbocycles. The monoisotopic (exact) mass is 583 g/mol. The molecule has 2 aromatic rings. The fourth-order valence-electron chi connectivity index (χ4n) is 4.08. The van der Waals surface area contributed by atoms with Crippen molar-refractivity contribution < 1.29 is 23.9 Å². The number of rotatable bonds is 15. The summed E-state index contributed by atoms with van der Waals surface area (Å²) in [5.74, 6) is 0.209. The Kier molecular flexibility index (Phi) is 12.6. The van der Waals surface area contributed by atoms with Crippen LogP contribution < -0.4 is 10.1 Å². The van der Waals surface area contributed by atoms with Gasteiger partial charge in [-0.1, -0.05) is 56.4 Å². The summed E-state index contributed by atoms with van der Waals surface area (Å²) >= 11 is 6.73. The number of anilines is 1. The average molecular weight is 584 g/mol. The van der Waals surface area contributed by atoms with Crippen LogP contribution in [-0.4, -0.2) is 71.8 Å². The van der Waals surface area contributed by atoms with Gasteiger partial charge in [0, 0.05) is 25.2 Å². The lowest BCUT2D eigenvalue weighted by Crippen LogP contribution is -2.29. The number of carbonyl (C=O) groups is 3. The molecular formula is C30H37N3O5S2. The number of unbranched alkanes of at least 4 members (excludes halogenated alkanes) is 2. The van der Waals surface area contributed by atoms with Gasteiger partial charge < -0.3 is 19.7 Å². The van der Waals surface area contributed by atoms with Gasteiger partial charge in [0.15, 0.2) is 0 Å². The number of thioether (sulfide) groups is 1. The van der Waals surface area contributed by atoms with E-state index in [4.69, 9.17) is 21.7 Å². The van der Waals surface area contributed by atoms with Gasteiger partial charge in [-0.25, -0.2) is 4.79 Å². The van der Waals surface area contributed by atoms with Crippen LogP contribution in [0.1, 0.15) is 55.5 Å². The molecule has 3 rings (SSSR count). The Hall–Kier alpha value is -3.21. The molecule has 8 nitrogen and oxygen atoms in total. The van der Waals surface area contributed by atoms with Crippen LogP contribution in [0, 0.1) is 0 Å². The second-order valence-corrected chi connectivity index (χ2v) is 10.9. The van der Waals surface area contributed by atoms with Crippen LogP contribution in [0.4, 0.5) is 5.69 Å². The number of hydrogen-bond donors (Lipinski definition) is 1. The Bertz CT molecular complexity index is 1190. The van der Waals surface area contributed by atoms with E-state index in [9.17, 15) is 14.4 Å². The molecule has 1 saturated heterocycles. The fraction of sp³-hybridized carbons (Fsp3) is 0.400. The second-order valence-electron chi connectivity index (χ2n) is 9.21. The van der Waals surface area contributed by atoms with E-state index in [0.29, 0.717) is 53.0 Å². The SMILES string of the molecule is CCN(CC)CCOC(=O)c1ccc(NC(=O)CCCCCN2C(=O)/C(=C/c3ccc(OC)cc3)SC2=S)cc1. The summed E-state index contributed by atoms with van der Waals surface area (Å²) in [7, 11) is 1.61. The Balaban J connectivity index is 1.35. The second kappa shape index (κ2) is 16.2. The van der Waals surface area contributed by atoms with Crippen LogP contribution >= 0.6 is 24.0 Å². The van der Waals surface area contributed by atoms with Gasteiger partial charge in [0.1, 0.15) is 16.7 Å². The van der Waals surface area contributed by atoms with Crippen LogP contribution in [-0.2, 0) is 14.3 Å². The highest BCUT2D eigenvalue weighted by atomic mass is 32.2. The summed E-state index contributed by atoms with van der Waals surface area (Å²) < 4.78 is 11.1. The molecule has 214 valence electrons. The lowest BCUT2D eigenvalue weighted by Gasteiger charge is -2.17. The zero-order chi connectivity index (χ0) is 28.9. The topological polar surface area (TPSA) is 88.2 Å². The van der Waals surface area contributed by atoms with Gasteiger partial charge in [-0.2, -0.15) is 0 Å². The fourth-order valence-corrected chi connectivity index (χ4v) is 5.39. The molecule has 1 N–H and O–H groups in total. The summed E-state index contributed by atoms with van der Waals surface area (Å²) in [4.78, 5) is 41.8. The molecule has 40 heavy (non-hydrogen) atoms. The van der Waals surface area contributed by atoms with E-state index in [2.05, 4.69) is 24.1 Å². The third-order valence-electron chi connectivity index (χ3n) is 6.51. The summed E-state index contributed by atoms with van der Waals surface area (Å²) in [6.45, 7) is 7.55. The molecule has 1 aliphatic rings. The van der Waals surface area contributed by atoms with Crippen LogP contribution in [0.2, 0.25) is 0 Å². The predicted molar refractivity (Wildman–Crippen MR) is 164 cm³/mol. The third kappa shape index (κ3) is 9.46. The molecule has 0 saturated carbocycles. The van der Waals surface area contributed by atoms with E-state index < -0.39 is 0 Å². The van der Waals surface area contributed by atoms with Gasteiger partial charge in [0.2, 0.25) is 5.91 Å². The molecule has 1 aliphatic heterocycles. The Morgan fingerprint density at radius 1 is 1.02 bits per heavy atom. The molecule has 2 amide bonds. The van der Waals surface area contributed by atoms with Crippen molar-refractivity contribution in [1.82, 2.24) is 9.80 Å². The number of nitrogens with one attached hydrogen (secondary N) is 1. The summed E-state index contributed by atoms with van der Waals surface area (Å²) in [6.07, 6.45) is 4.44. The van der Waals surface area contributed by atoms with Crippen molar-refractivity contribution in [2.45, 2.75) is 39.5 Å². The Morgan fingerprint density at radius 3 is 2.38 bits per heavy atom. The first kappa shape index (κ1) is 31.3. The van der Waals surface area contributed by atoms with Crippen molar-refractivity contribution in [3.63, 3.8) is 0 Å². The van der Waals surface area contributed by atoms with Gasteiger partial charge in [-0.3, -0.25) is 14.5 Å². The number of ether oxygens (including phenoxy) is 2. The van der Waals surface area contributed by atoms with Crippen LogP contribution in [0.15, 0.2) is 53.4 Å². The molecule has 0 bridgehead atoms. The average Bonchev–Trinajstić information content (AvgIpc) is 3.23. The first-order valence-corrected chi connectivity index (χ1v) is 14.8. The highest BCUT2D eigenvalue weighted by Crippen LogP contribution is 2.33. The maximum atomic E-state index is 12.8. The molecule has 0 atom stereocenters. The van der Waals surface area contributed by atoms with E-state index >= 15 is 0 Å². The molecule has 0 unspecified atom stereocenters. The van der Waals surface area contributed by atoms with E-state index in [1.807, 2.05) is 30.3 Å². The number of methoxy groups -OCH3 is 1. The standard InChI is InChI=1S/C30H37N3O5S2/c1-4-32(5-2)19-20-38-29(36)23-12-14-24(15-13-23)31-27(34)9-7-6-8-18-33-28(35)26(40-30(33)39)21-22-10-16-25(37-3)17-11-22/h10-17,21H,4-9,18-20H2,1-3H3,(H,31,34)/b26-21-. The number of nitrogens with zero attached hydrogens (tertiary/aromatic N) is 2. The highest BCUT2D eigenvalue weighted by molar-refractivity contribution is 8.26. The van der Waals surface area contributed by atoms with E-state index in [1.165, 1.54) is 11.8 Å². The number of benzene rings is 2. The quantitative estimate of drug-likeness (QED) is 0.126. The molecule has 1 heterocycles. The predicted octanol–water partition coefficient (Wildman–Crippen LogP) is 5.59.